The SMILES string of the molecule is CC(C)C[C@H](NC(=O)[C@@H](N)CC(C)C)C(=O)N(CC=O)C(=O)CCCCCN. The number of aldehydes is 1. The second-order valence-corrected chi connectivity index (χ2v) is 8.04. The average molecular weight is 399 g/mol. The van der Waals surface area contributed by atoms with E-state index in [2.05, 4.69) is 5.32 Å². The quantitative estimate of drug-likeness (QED) is 0.295. The van der Waals surface area contributed by atoms with E-state index < -0.39 is 29.8 Å². The standard InChI is InChI=1S/C20H38N4O4/c1-14(2)12-16(22)19(27)23-17(13-15(3)4)20(28)24(10-11-25)18(26)8-6-5-7-9-21/h11,14-17H,5-10,12-13,21-22H2,1-4H3,(H,23,27)/t16-,17-/m0/s1. The minimum Gasteiger partial charge on any atom is -0.343 e. The molecule has 0 spiro atoms. The molecule has 2 atom stereocenters. The minimum atomic E-state index is -0.890. The zero-order valence-corrected chi connectivity index (χ0v) is 17.8. The molecule has 0 aliphatic carbocycles. The van der Waals surface area contributed by atoms with Crippen LogP contribution in [0.2, 0.25) is 0 Å². The molecular formula is C20H38N4O4. The second-order valence-electron chi connectivity index (χ2n) is 8.04. The van der Waals surface area contributed by atoms with Crippen LogP contribution in [0.5, 0.6) is 0 Å². The molecule has 0 unspecified atom stereocenters. The summed E-state index contributed by atoms with van der Waals surface area (Å²) in [5, 5.41) is 2.68. The lowest BCUT2D eigenvalue weighted by molar-refractivity contribution is -0.149. The predicted octanol–water partition coefficient (Wildman–Crippen LogP) is 0.964. The molecule has 0 aromatic carbocycles. The number of carbonyl (C=O) groups is 4. The minimum absolute atomic E-state index is 0.105. The third-order valence-corrected chi connectivity index (χ3v) is 4.30. The van der Waals surface area contributed by atoms with E-state index in [9.17, 15) is 19.2 Å². The van der Waals surface area contributed by atoms with Gasteiger partial charge >= 0.3 is 0 Å². The zero-order chi connectivity index (χ0) is 21.7. The zero-order valence-electron chi connectivity index (χ0n) is 17.8. The van der Waals surface area contributed by atoms with Crippen LogP contribution in [-0.4, -0.2) is 54.1 Å². The normalized spacial score (nSPS) is 13.3. The lowest BCUT2D eigenvalue weighted by Gasteiger charge is -2.27. The second kappa shape index (κ2) is 14.2. The fourth-order valence-corrected chi connectivity index (χ4v) is 2.90. The Bertz CT molecular complexity index is 508. The van der Waals surface area contributed by atoms with Crippen molar-refractivity contribution in [2.24, 2.45) is 23.3 Å². The van der Waals surface area contributed by atoms with Crippen molar-refractivity contribution in [1.29, 1.82) is 0 Å². The van der Waals surface area contributed by atoms with E-state index in [0.717, 1.165) is 17.7 Å². The first-order chi connectivity index (χ1) is 13.1. The summed E-state index contributed by atoms with van der Waals surface area (Å²) in [7, 11) is 0. The van der Waals surface area contributed by atoms with Gasteiger partial charge in [-0.3, -0.25) is 19.3 Å². The molecule has 8 heteroatoms. The molecular weight excluding hydrogens is 360 g/mol. The van der Waals surface area contributed by atoms with E-state index in [1.165, 1.54) is 0 Å². The molecule has 5 N–H and O–H groups in total. The Labute approximate surface area is 168 Å². The Hall–Kier alpha value is -1.80. The molecule has 162 valence electrons. The molecule has 0 fully saturated rings. The van der Waals surface area contributed by atoms with Gasteiger partial charge in [-0.1, -0.05) is 34.1 Å². The van der Waals surface area contributed by atoms with Crippen molar-refractivity contribution < 1.29 is 19.2 Å². The average Bonchev–Trinajstić information content (AvgIpc) is 2.60. The van der Waals surface area contributed by atoms with Crippen molar-refractivity contribution in [3.8, 4) is 0 Å². The van der Waals surface area contributed by atoms with E-state index in [4.69, 9.17) is 11.5 Å². The molecule has 28 heavy (non-hydrogen) atoms. The van der Waals surface area contributed by atoms with Crippen LogP contribution < -0.4 is 16.8 Å². The monoisotopic (exact) mass is 398 g/mol. The first kappa shape index (κ1) is 26.2. The maximum atomic E-state index is 13.0. The van der Waals surface area contributed by atoms with Gasteiger partial charge in [0.15, 0.2) is 0 Å². The van der Waals surface area contributed by atoms with Crippen LogP contribution in [0.3, 0.4) is 0 Å². The van der Waals surface area contributed by atoms with Crippen molar-refractivity contribution in [1.82, 2.24) is 10.2 Å². The van der Waals surface area contributed by atoms with Crippen molar-refractivity contribution >= 4 is 24.0 Å². The summed E-state index contributed by atoms with van der Waals surface area (Å²) in [5.41, 5.74) is 11.4. The smallest absolute Gasteiger partial charge is 0.252 e. The van der Waals surface area contributed by atoms with E-state index in [0.29, 0.717) is 32.1 Å². The summed E-state index contributed by atoms with van der Waals surface area (Å²) in [6.45, 7) is 7.97. The van der Waals surface area contributed by atoms with Crippen LogP contribution in [-0.2, 0) is 19.2 Å². The lowest BCUT2D eigenvalue weighted by atomic mass is 10.00. The Kier molecular flexibility index (Phi) is 13.3. The van der Waals surface area contributed by atoms with E-state index in [1.54, 1.807) is 0 Å². The fourth-order valence-electron chi connectivity index (χ4n) is 2.90. The van der Waals surface area contributed by atoms with Crippen molar-refractivity contribution in [3.63, 3.8) is 0 Å². The molecule has 0 bridgehead atoms. The van der Waals surface area contributed by atoms with E-state index in [-0.39, 0.29) is 24.8 Å². The molecule has 8 nitrogen and oxygen atoms in total. The number of hydrogen-bond acceptors (Lipinski definition) is 6. The Morgan fingerprint density at radius 2 is 1.61 bits per heavy atom. The Morgan fingerprint density at radius 3 is 2.11 bits per heavy atom. The first-order valence-corrected chi connectivity index (χ1v) is 10.2. The number of hydrogen-bond donors (Lipinski definition) is 3. The number of imide groups is 1. The largest absolute Gasteiger partial charge is 0.343 e. The lowest BCUT2D eigenvalue weighted by Crippen LogP contribution is -2.54. The number of nitrogens with one attached hydrogen (secondary N) is 1. The number of nitrogens with two attached hydrogens (primary N) is 2. The van der Waals surface area contributed by atoms with Gasteiger partial charge in [0.25, 0.3) is 5.91 Å². The molecule has 0 rings (SSSR count). The van der Waals surface area contributed by atoms with Crippen LogP contribution >= 0.6 is 0 Å². The Balaban J connectivity index is 5.19. The maximum absolute atomic E-state index is 13.0. The molecule has 0 heterocycles. The molecule has 0 aliphatic heterocycles. The van der Waals surface area contributed by atoms with Crippen LogP contribution in [0.4, 0.5) is 0 Å². The van der Waals surface area contributed by atoms with Gasteiger partial charge in [0, 0.05) is 6.42 Å². The van der Waals surface area contributed by atoms with Gasteiger partial charge in [0.05, 0.1) is 12.6 Å². The van der Waals surface area contributed by atoms with Gasteiger partial charge in [-0.25, -0.2) is 0 Å². The third kappa shape index (κ3) is 10.5. The van der Waals surface area contributed by atoms with Gasteiger partial charge in [-0.2, -0.15) is 0 Å². The molecule has 0 aromatic rings. The summed E-state index contributed by atoms with van der Waals surface area (Å²) in [4.78, 5) is 49.8. The summed E-state index contributed by atoms with van der Waals surface area (Å²) < 4.78 is 0. The molecule has 0 saturated heterocycles. The topological polar surface area (TPSA) is 136 Å². The number of amides is 3. The van der Waals surface area contributed by atoms with Gasteiger partial charge in [0.1, 0.15) is 12.3 Å². The highest BCUT2D eigenvalue weighted by Gasteiger charge is 2.31. The van der Waals surface area contributed by atoms with Crippen LogP contribution in [0.15, 0.2) is 0 Å². The van der Waals surface area contributed by atoms with Crippen molar-refractivity contribution in [2.45, 2.75) is 78.3 Å². The fraction of sp³-hybridized carbons (Fsp3) is 0.800. The highest BCUT2D eigenvalue weighted by molar-refractivity contribution is 6.01. The number of nitrogens with zero attached hydrogens (tertiary/aromatic N) is 1. The van der Waals surface area contributed by atoms with Crippen molar-refractivity contribution in [2.75, 3.05) is 13.1 Å². The molecule has 0 aliphatic rings. The van der Waals surface area contributed by atoms with Gasteiger partial charge < -0.3 is 21.6 Å². The number of unbranched alkanes of at least 4 members (excludes halogenated alkanes) is 2. The number of carbonyl (C=O) groups excluding carboxylic acids is 4. The molecule has 0 radical (unpaired) electrons. The molecule has 3 amide bonds. The third-order valence-electron chi connectivity index (χ3n) is 4.30. The first-order valence-electron chi connectivity index (χ1n) is 10.2. The highest BCUT2D eigenvalue weighted by Crippen LogP contribution is 2.12. The van der Waals surface area contributed by atoms with E-state index >= 15 is 0 Å². The number of rotatable bonds is 14. The van der Waals surface area contributed by atoms with Crippen LogP contribution in [0.25, 0.3) is 0 Å². The van der Waals surface area contributed by atoms with Gasteiger partial charge in [0.2, 0.25) is 11.8 Å². The maximum Gasteiger partial charge on any atom is 0.252 e. The summed E-state index contributed by atoms with van der Waals surface area (Å²) in [5.74, 6) is -1.05. The summed E-state index contributed by atoms with van der Waals surface area (Å²) >= 11 is 0. The predicted molar refractivity (Wildman–Crippen MR) is 109 cm³/mol. The van der Waals surface area contributed by atoms with E-state index in [1.807, 2.05) is 27.7 Å². The van der Waals surface area contributed by atoms with Crippen LogP contribution in [0, 0.1) is 11.8 Å². The molecule has 0 saturated carbocycles. The molecule has 0 aromatic heterocycles. The van der Waals surface area contributed by atoms with Gasteiger partial charge in [-0.05, 0) is 44.1 Å². The van der Waals surface area contributed by atoms with Crippen molar-refractivity contribution in [3.05, 3.63) is 0 Å². The summed E-state index contributed by atoms with van der Waals surface area (Å²) in [6, 6.07) is -1.62. The van der Waals surface area contributed by atoms with Crippen LogP contribution in [0.1, 0.15) is 66.2 Å². The summed E-state index contributed by atoms with van der Waals surface area (Å²) in [6.07, 6.45) is 3.71. The van der Waals surface area contributed by atoms with Gasteiger partial charge in [-0.15, -0.1) is 0 Å². The highest BCUT2D eigenvalue weighted by atomic mass is 16.2. The Morgan fingerprint density at radius 1 is 1.00 bits per heavy atom.